The van der Waals surface area contributed by atoms with E-state index in [2.05, 4.69) is 22.5 Å². The first kappa shape index (κ1) is 13.2. The highest BCUT2D eigenvalue weighted by atomic mass is 16.5. The van der Waals surface area contributed by atoms with Crippen LogP contribution < -0.4 is 10.5 Å². The van der Waals surface area contributed by atoms with Gasteiger partial charge < -0.3 is 15.0 Å². The van der Waals surface area contributed by atoms with Crippen LogP contribution in [0, 0.1) is 6.92 Å². The average molecular weight is 271 g/mol. The SMILES string of the molecule is Cc1cc(C(C)N)ccc1OCc1cncn1C1CC1. The molecule has 0 bridgehead atoms. The molecule has 0 radical (unpaired) electrons. The molecule has 4 nitrogen and oxygen atoms in total. The normalized spacial score (nSPS) is 16.1. The molecule has 2 aromatic rings. The zero-order valence-electron chi connectivity index (χ0n) is 12.0. The van der Waals surface area contributed by atoms with Gasteiger partial charge in [-0.2, -0.15) is 0 Å². The van der Waals surface area contributed by atoms with E-state index in [-0.39, 0.29) is 6.04 Å². The van der Waals surface area contributed by atoms with Crippen LogP contribution in [0.4, 0.5) is 0 Å². The highest BCUT2D eigenvalue weighted by molar-refractivity contribution is 5.37. The van der Waals surface area contributed by atoms with Crippen LogP contribution in [0.15, 0.2) is 30.7 Å². The van der Waals surface area contributed by atoms with Crippen molar-refractivity contribution in [2.45, 2.75) is 45.4 Å². The summed E-state index contributed by atoms with van der Waals surface area (Å²) in [6, 6.07) is 6.83. The first-order valence-corrected chi connectivity index (χ1v) is 7.15. The van der Waals surface area contributed by atoms with Crippen molar-refractivity contribution in [2.24, 2.45) is 5.73 Å². The van der Waals surface area contributed by atoms with Crippen molar-refractivity contribution in [2.75, 3.05) is 0 Å². The number of benzene rings is 1. The lowest BCUT2D eigenvalue weighted by atomic mass is 10.1. The maximum atomic E-state index is 5.93. The summed E-state index contributed by atoms with van der Waals surface area (Å²) in [7, 11) is 0. The van der Waals surface area contributed by atoms with Gasteiger partial charge in [0.25, 0.3) is 0 Å². The van der Waals surface area contributed by atoms with Gasteiger partial charge in [-0.15, -0.1) is 0 Å². The fraction of sp³-hybridized carbons (Fsp3) is 0.438. The molecule has 2 N–H and O–H groups in total. The minimum absolute atomic E-state index is 0.0547. The molecule has 1 atom stereocenters. The molecule has 0 aliphatic heterocycles. The summed E-state index contributed by atoms with van der Waals surface area (Å²) in [6.07, 6.45) is 6.31. The van der Waals surface area contributed by atoms with E-state index in [1.54, 1.807) is 0 Å². The monoisotopic (exact) mass is 271 g/mol. The minimum Gasteiger partial charge on any atom is -0.487 e. The molecule has 1 aromatic carbocycles. The number of ether oxygens (including phenoxy) is 1. The third-order valence-electron chi connectivity index (χ3n) is 3.79. The summed E-state index contributed by atoms with van der Waals surface area (Å²) in [5, 5.41) is 0. The maximum Gasteiger partial charge on any atom is 0.130 e. The zero-order valence-corrected chi connectivity index (χ0v) is 12.0. The number of aromatic nitrogens is 2. The summed E-state index contributed by atoms with van der Waals surface area (Å²) in [4.78, 5) is 4.22. The van der Waals surface area contributed by atoms with Crippen molar-refractivity contribution < 1.29 is 4.74 Å². The average Bonchev–Trinajstić information content (AvgIpc) is 3.16. The van der Waals surface area contributed by atoms with E-state index in [9.17, 15) is 0 Å². The molecule has 1 aliphatic rings. The van der Waals surface area contributed by atoms with Crippen molar-refractivity contribution in [3.8, 4) is 5.75 Å². The Labute approximate surface area is 119 Å². The van der Waals surface area contributed by atoms with Gasteiger partial charge in [-0.05, 0) is 43.9 Å². The lowest BCUT2D eigenvalue weighted by Gasteiger charge is -2.13. The summed E-state index contributed by atoms with van der Waals surface area (Å²) < 4.78 is 8.16. The van der Waals surface area contributed by atoms with E-state index in [0.29, 0.717) is 12.6 Å². The van der Waals surface area contributed by atoms with E-state index in [1.807, 2.05) is 31.6 Å². The predicted octanol–water partition coefficient (Wildman–Crippen LogP) is 3.13. The van der Waals surface area contributed by atoms with Crippen molar-refractivity contribution in [3.63, 3.8) is 0 Å². The first-order chi connectivity index (χ1) is 9.65. The van der Waals surface area contributed by atoms with Crippen molar-refractivity contribution in [1.29, 1.82) is 0 Å². The molecule has 1 aromatic heterocycles. The number of imidazole rings is 1. The minimum atomic E-state index is 0.0547. The fourth-order valence-corrected chi connectivity index (χ4v) is 2.39. The second kappa shape index (κ2) is 5.29. The van der Waals surface area contributed by atoms with Crippen LogP contribution in [-0.2, 0) is 6.61 Å². The Morgan fingerprint density at radius 1 is 1.45 bits per heavy atom. The summed E-state index contributed by atoms with van der Waals surface area (Å²) in [5.74, 6) is 0.915. The highest BCUT2D eigenvalue weighted by Crippen LogP contribution is 2.35. The van der Waals surface area contributed by atoms with Crippen LogP contribution in [0.5, 0.6) is 5.75 Å². The maximum absolute atomic E-state index is 5.93. The van der Waals surface area contributed by atoms with Gasteiger partial charge >= 0.3 is 0 Å². The second-order valence-corrected chi connectivity index (χ2v) is 5.63. The molecular formula is C16H21N3O. The Bertz CT molecular complexity index is 600. The molecular weight excluding hydrogens is 250 g/mol. The van der Waals surface area contributed by atoms with Gasteiger partial charge in [0.05, 0.1) is 18.2 Å². The van der Waals surface area contributed by atoms with Gasteiger partial charge in [-0.25, -0.2) is 4.98 Å². The quantitative estimate of drug-likeness (QED) is 0.909. The van der Waals surface area contributed by atoms with Crippen molar-refractivity contribution in [1.82, 2.24) is 9.55 Å². The van der Waals surface area contributed by atoms with Crippen LogP contribution >= 0.6 is 0 Å². The van der Waals surface area contributed by atoms with Gasteiger partial charge in [0, 0.05) is 12.1 Å². The molecule has 4 heteroatoms. The standard InChI is InChI=1S/C16H21N3O/c1-11-7-13(12(2)17)3-6-16(11)20-9-15-8-18-10-19(15)14-4-5-14/h3,6-8,10,12,14H,4-5,9,17H2,1-2H3. The lowest BCUT2D eigenvalue weighted by molar-refractivity contribution is 0.293. The van der Waals surface area contributed by atoms with Gasteiger partial charge in [-0.3, -0.25) is 0 Å². The number of hydrogen-bond donors (Lipinski definition) is 1. The Morgan fingerprint density at radius 3 is 2.90 bits per heavy atom. The van der Waals surface area contributed by atoms with Crippen molar-refractivity contribution >= 4 is 0 Å². The Balaban J connectivity index is 1.70. The van der Waals surface area contributed by atoms with E-state index in [4.69, 9.17) is 10.5 Å². The zero-order chi connectivity index (χ0) is 14.1. The summed E-state index contributed by atoms with van der Waals surface area (Å²) in [6.45, 7) is 4.61. The highest BCUT2D eigenvalue weighted by Gasteiger charge is 2.25. The molecule has 1 aliphatic carbocycles. The van der Waals surface area contributed by atoms with Crippen LogP contribution in [0.25, 0.3) is 0 Å². The molecule has 0 spiro atoms. The topological polar surface area (TPSA) is 53.1 Å². The number of nitrogens with zero attached hydrogens (tertiary/aromatic N) is 2. The molecule has 106 valence electrons. The fourth-order valence-electron chi connectivity index (χ4n) is 2.39. The number of hydrogen-bond acceptors (Lipinski definition) is 3. The van der Waals surface area contributed by atoms with E-state index in [1.165, 1.54) is 12.8 Å². The molecule has 20 heavy (non-hydrogen) atoms. The van der Waals surface area contributed by atoms with Crippen molar-refractivity contribution in [3.05, 3.63) is 47.5 Å². The van der Waals surface area contributed by atoms with E-state index >= 15 is 0 Å². The third-order valence-corrected chi connectivity index (χ3v) is 3.79. The molecule has 0 saturated heterocycles. The molecule has 1 heterocycles. The van der Waals surface area contributed by atoms with E-state index in [0.717, 1.165) is 22.6 Å². The second-order valence-electron chi connectivity index (χ2n) is 5.63. The Hall–Kier alpha value is -1.81. The van der Waals surface area contributed by atoms with Crippen LogP contribution in [0.1, 0.15) is 48.7 Å². The number of aryl methyl sites for hydroxylation is 1. The summed E-state index contributed by atoms with van der Waals surface area (Å²) >= 11 is 0. The Kier molecular flexibility index (Phi) is 3.49. The first-order valence-electron chi connectivity index (χ1n) is 7.15. The van der Waals surface area contributed by atoms with Gasteiger partial charge in [0.1, 0.15) is 12.4 Å². The Morgan fingerprint density at radius 2 is 2.25 bits per heavy atom. The number of rotatable bonds is 5. The van der Waals surface area contributed by atoms with Gasteiger partial charge in [-0.1, -0.05) is 12.1 Å². The smallest absolute Gasteiger partial charge is 0.130 e. The summed E-state index contributed by atoms with van der Waals surface area (Å²) in [5.41, 5.74) is 9.29. The molecule has 1 unspecified atom stereocenters. The molecule has 3 rings (SSSR count). The van der Waals surface area contributed by atoms with Gasteiger partial charge in [0.2, 0.25) is 0 Å². The van der Waals surface area contributed by atoms with Gasteiger partial charge in [0.15, 0.2) is 0 Å². The van der Waals surface area contributed by atoms with E-state index < -0.39 is 0 Å². The van der Waals surface area contributed by atoms with Crippen LogP contribution in [0.3, 0.4) is 0 Å². The predicted molar refractivity (Wildman–Crippen MR) is 78.6 cm³/mol. The lowest BCUT2D eigenvalue weighted by Crippen LogP contribution is -2.07. The largest absolute Gasteiger partial charge is 0.487 e. The molecule has 0 amide bonds. The molecule has 1 saturated carbocycles. The molecule has 1 fully saturated rings. The van der Waals surface area contributed by atoms with Crippen LogP contribution in [-0.4, -0.2) is 9.55 Å². The number of nitrogens with two attached hydrogens (primary N) is 1. The van der Waals surface area contributed by atoms with Crippen LogP contribution in [0.2, 0.25) is 0 Å². The third kappa shape index (κ3) is 2.70.